The van der Waals surface area contributed by atoms with Crippen LogP contribution in [0.25, 0.3) is 0 Å². The lowest BCUT2D eigenvalue weighted by Crippen LogP contribution is -2.39. The topological polar surface area (TPSA) is 59.9 Å². The Hall–Kier alpha value is -1.75. The Morgan fingerprint density at radius 1 is 1.19 bits per heavy atom. The normalized spacial score (nSPS) is 22.5. The van der Waals surface area contributed by atoms with Crippen molar-refractivity contribution in [2.24, 2.45) is 4.99 Å². The molecule has 0 bridgehead atoms. The number of piperidine rings is 1. The molecule has 3 rings (SSSR count). The maximum atomic E-state index is 9.69. The molecule has 1 aromatic carbocycles. The molecule has 3 N–H and O–H groups in total. The standard InChI is InChI=1S/C21H34N4O/c1-17-8-4-5-14-25(17)15-7-13-22-21(23-18-9-2-3-10-18)24-19-11-6-12-20(26)16-19/h6,11-12,16-18,26H,2-5,7-10,13-15H2,1H3,(H2,22,23,24). The molecular weight excluding hydrogens is 324 g/mol. The Balaban J connectivity index is 1.53. The molecule has 0 spiro atoms. The van der Waals surface area contributed by atoms with E-state index in [9.17, 15) is 5.11 Å². The van der Waals surface area contributed by atoms with E-state index in [0.29, 0.717) is 12.1 Å². The van der Waals surface area contributed by atoms with Gasteiger partial charge in [-0.15, -0.1) is 0 Å². The van der Waals surface area contributed by atoms with Gasteiger partial charge in [0.2, 0.25) is 0 Å². The molecule has 0 radical (unpaired) electrons. The fourth-order valence-electron chi connectivity index (χ4n) is 4.06. The van der Waals surface area contributed by atoms with Crippen LogP contribution in [0.1, 0.15) is 58.3 Å². The lowest BCUT2D eigenvalue weighted by atomic mass is 10.0. The third-order valence-electron chi connectivity index (χ3n) is 5.62. The number of likely N-dealkylation sites (tertiary alicyclic amines) is 1. The highest BCUT2D eigenvalue weighted by Gasteiger charge is 2.18. The van der Waals surface area contributed by atoms with Crippen LogP contribution in [0.15, 0.2) is 29.3 Å². The first kappa shape index (κ1) is 19.0. The van der Waals surface area contributed by atoms with Gasteiger partial charge in [-0.25, -0.2) is 0 Å². The fraction of sp³-hybridized carbons (Fsp3) is 0.667. The minimum atomic E-state index is 0.273. The minimum Gasteiger partial charge on any atom is -0.508 e. The van der Waals surface area contributed by atoms with Gasteiger partial charge < -0.3 is 20.6 Å². The van der Waals surface area contributed by atoms with Crippen molar-refractivity contribution in [2.45, 2.75) is 70.4 Å². The lowest BCUT2D eigenvalue weighted by molar-refractivity contribution is 0.160. The number of aliphatic imine (C=N–C) groups is 1. The van der Waals surface area contributed by atoms with Crippen LogP contribution in [0.5, 0.6) is 5.75 Å². The molecule has 0 aromatic heterocycles. The van der Waals surface area contributed by atoms with E-state index in [1.807, 2.05) is 12.1 Å². The minimum absolute atomic E-state index is 0.273. The number of nitrogens with zero attached hydrogens (tertiary/aromatic N) is 2. The average Bonchev–Trinajstić information content (AvgIpc) is 3.13. The van der Waals surface area contributed by atoms with Crippen molar-refractivity contribution in [3.63, 3.8) is 0 Å². The van der Waals surface area contributed by atoms with Crippen molar-refractivity contribution >= 4 is 11.6 Å². The highest BCUT2D eigenvalue weighted by atomic mass is 16.3. The summed E-state index contributed by atoms with van der Waals surface area (Å²) in [5.74, 6) is 1.11. The molecule has 1 heterocycles. The molecule has 1 unspecified atom stereocenters. The predicted octanol–water partition coefficient (Wildman–Crippen LogP) is 3.96. The van der Waals surface area contributed by atoms with Gasteiger partial charge in [-0.3, -0.25) is 4.99 Å². The smallest absolute Gasteiger partial charge is 0.196 e. The summed E-state index contributed by atoms with van der Waals surface area (Å²) in [4.78, 5) is 7.41. The molecule has 1 aliphatic heterocycles. The molecule has 26 heavy (non-hydrogen) atoms. The number of guanidine groups is 1. The third kappa shape index (κ3) is 5.90. The molecule has 5 nitrogen and oxygen atoms in total. The van der Waals surface area contributed by atoms with Crippen LogP contribution in [0.3, 0.4) is 0 Å². The SMILES string of the molecule is CC1CCCCN1CCCN=C(Nc1cccc(O)c1)NC1CCCC1. The number of phenols is 1. The van der Waals surface area contributed by atoms with E-state index in [0.717, 1.165) is 31.2 Å². The zero-order chi connectivity index (χ0) is 18.2. The van der Waals surface area contributed by atoms with Crippen molar-refractivity contribution in [3.05, 3.63) is 24.3 Å². The Morgan fingerprint density at radius 3 is 2.77 bits per heavy atom. The third-order valence-corrected chi connectivity index (χ3v) is 5.62. The molecule has 1 atom stereocenters. The Kier molecular flexibility index (Phi) is 7.18. The largest absolute Gasteiger partial charge is 0.508 e. The molecular formula is C21H34N4O. The molecule has 5 heteroatoms. The van der Waals surface area contributed by atoms with Gasteiger partial charge in [0.25, 0.3) is 0 Å². The molecule has 0 amide bonds. The van der Waals surface area contributed by atoms with Crippen LogP contribution < -0.4 is 10.6 Å². The monoisotopic (exact) mass is 358 g/mol. The molecule has 2 aliphatic rings. The molecule has 144 valence electrons. The van der Waals surface area contributed by atoms with Gasteiger partial charge in [-0.1, -0.05) is 25.3 Å². The van der Waals surface area contributed by atoms with Crippen LogP contribution in [0.2, 0.25) is 0 Å². The van der Waals surface area contributed by atoms with Gasteiger partial charge >= 0.3 is 0 Å². The van der Waals surface area contributed by atoms with Crippen LogP contribution in [0, 0.1) is 0 Å². The van der Waals surface area contributed by atoms with E-state index in [2.05, 4.69) is 22.5 Å². The molecule has 1 aromatic rings. The van der Waals surface area contributed by atoms with Crippen LogP contribution in [-0.4, -0.2) is 47.7 Å². The number of hydrogen-bond donors (Lipinski definition) is 3. The summed E-state index contributed by atoms with van der Waals surface area (Å²) in [7, 11) is 0. The fourth-order valence-corrected chi connectivity index (χ4v) is 4.06. The number of hydrogen-bond acceptors (Lipinski definition) is 3. The summed E-state index contributed by atoms with van der Waals surface area (Å²) in [5.41, 5.74) is 0.874. The van der Waals surface area contributed by atoms with E-state index in [4.69, 9.17) is 4.99 Å². The van der Waals surface area contributed by atoms with Crippen molar-refractivity contribution in [2.75, 3.05) is 25.0 Å². The first-order valence-electron chi connectivity index (χ1n) is 10.3. The summed E-state index contributed by atoms with van der Waals surface area (Å²) in [6.45, 7) is 5.54. The molecule has 1 saturated carbocycles. The Morgan fingerprint density at radius 2 is 2.00 bits per heavy atom. The van der Waals surface area contributed by atoms with Crippen LogP contribution in [-0.2, 0) is 0 Å². The van der Waals surface area contributed by atoms with Crippen LogP contribution in [0.4, 0.5) is 5.69 Å². The summed E-state index contributed by atoms with van der Waals surface area (Å²) in [6.07, 6.45) is 10.1. The number of benzene rings is 1. The van der Waals surface area contributed by atoms with Crippen molar-refractivity contribution < 1.29 is 5.11 Å². The van der Waals surface area contributed by atoms with E-state index in [1.165, 1.54) is 51.5 Å². The first-order valence-corrected chi connectivity index (χ1v) is 10.3. The van der Waals surface area contributed by atoms with E-state index in [1.54, 1.807) is 12.1 Å². The molecule has 2 fully saturated rings. The summed E-state index contributed by atoms with van der Waals surface area (Å²) in [6, 6.07) is 8.46. The number of rotatable bonds is 6. The Bertz CT molecular complexity index is 583. The van der Waals surface area contributed by atoms with Gasteiger partial charge in [0, 0.05) is 36.9 Å². The van der Waals surface area contributed by atoms with Gasteiger partial charge in [0.15, 0.2) is 5.96 Å². The lowest BCUT2D eigenvalue weighted by Gasteiger charge is -2.33. The highest BCUT2D eigenvalue weighted by molar-refractivity contribution is 5.94. The van der Waals surface area contributed by atoms with Gasteiger partial charge in [-0.2, -0.15) is 0 Å². The maximum absolute atomic E-state index is 9.69. The highest BCUT2D eigenvalue weighted by Crippen LogP contribution is 2.19. The second-order valence-electron chi connectivity index (χ2n) is 7.77. The number of nitrogens with one attached hydrogen (secondary N) is 2. The van der Waals surface area contributed by atoms with Crippen molar-refractivity contribution in [1.82, 2.24) is 10.2 Å². The maximum Gasteiger partial charge on any atom is 0.196 e. The number of phenolic OH excluding ortho intramolecular Hbond substituents is 1. The summed E-state index contributed by atoms with van der Waals surface area (Å²) in [5, 5.41) is 16.6. The van der Waals surface area contributed by atoms with Crippen molar-refractivity contribution in [3.8, 4) is 5.75 Å². The quantitative estimate of drug-likeness (QED) is 0.409. The number of aromatic hydroxyl groups is 1. The van der Waals surface area contributed by atoms with Gasteiger partial charge in [-0.05, 0) is 57.7 Å². The van der Waals surface area contributed by atoms with Crippen molar-refractivity contribution in [1.29, 1.82) is 0 Å². The van der Waals surface area contributed by atoms with E-state index in [-0.39, 0.29) is 5.75 Å². The number of anilines is 1. The second-order valence-corrected chi connectivity index (χ2v) is 7.77. The van der Waals surface area contributed by atoms with Gasteiger partial charge in [0.05, 0.1) is 0 Å². The van der Waals surface area contributed by atoms with E-state index >= 15 is 0 Å². The molecule has 1 saturated heterocycles. The summed E-state index contributed by atoms with van der Waals surface area (Å²) < 4.78 is 0. The van der Waals surface area contributed by atoms with Crippen LogP contribution >= 0.6 is 0 Å². The Labute approximate surface area is 157 Å². The average molecular weight is 359 g/mol. The molecule has 1 aliphatic carbocycles. The van der Waals surface area contributed by atoms with Gasteiger partial charge in [0.1, 0.15) is 5.75 Å². The first-order chi connectivity index (χ1) is 12.7. The summed E-state index contributed by atoms with van der Waals surface area (Å²) >= 11 is 0. The second kappa shape index (κ2) is 9.81. The predicted molar refractivity (Wildman–Crippen MR) is 109 cm³/mol. The van der Waals surface area contributed by atoms with E-state index < -0.39 is 0 Å². The zero-order valence-electron chi connectivity index (χ0n) is 16.1. The zero-order valence-corrected chi connectivity index (χ0v) is 16.1.